The van der Waals surface area contributed by atoms with Crippen molar-refractivity contribution in [2.75, 3.05) is 13.7 Å². The standard InChI is InChI=1S/C35H42F4N6O9S/c1-17-7-5-6-8-19-15-34(19,31(48)44-55(51,52)33(3)9-10-33)43-28(46)24-12-20(16-45(24)30(47)26(18(2)11-17)42-32(49)50)54-29-27(35(37,38)39)40-22-13-21(36)25(53-4)14-23(22)41-29/h6,8,13-14,17-20,24,26,42H,5,7,9-12,15-16H2,1-4H3,(H,43,46)(H,44,48)(H,49,50). The molecule has 0 radical (unpaired) electrons. The molecule has 1 saturated heterocycles. The van der Waals surface area contributed by atoms with Crippen LogP contribution in [0.25, 0.3) is 11.0 Å². The number of ether oxygens (including phenoxy) is 2. The van der Waals surface area contributed by atoms with E-state index in [0.717, 1.165) is 24.1 Å². The summed E-state index contributed by atoms with van der Waals surface area (Å²) in [4.78, 5) is 62.8. The smallest absolute Gasteiger partial charge is 0.438 e. The molecule has 2 saturated carbocycles. The minimum Gasteiger partial charge on any atom is -0.494 e. The number of carbonyl (C=O) groups is 4. The number of sulfonamides is 1. The van der Waals surface area contributed by atoms with Crippen LogP contribution in [0.3, 0.4) is 0 Å². The van der Waals surface area contributed by atoms with E-state index in [-0.39, 0.29) is 23.6 Å². The Balaban J connectivity index is 1.37. The van der Waals surface area contributed by atoms with Gasteiger partial charge in [0, 0.05) is 24.5 Å². The van der Waals surface area contributed by atoms with Crippen LogP contribution in [0.2, 0.25) is 0 Å². The first-order valence-electron chi connectivity index (χ1n) is 17.8. The second-order valence-corrected chi connectivity index (χ2v) is 17.4. The SMILES string of the molecule is COc1cc2nc(OC3CC4C(=O)NC5(C(=O)NS(=O)(=O)C6(C)CC6)CC5C=CCCC(C)CC(C)C(NC(=O)O)C(=O)N4C3)c(C(F)(F)F)nc2cc1F. The number of methoxy groups -OCH3 is 1. The fourth-order valence-corrected chi connectivity index (χ4v) is 8.67. The topological polar surface area (TPSA) is 206 Å². The lowest BCUT2D eigenvalue weighted by Gasteiger charge is -2.32. The molecule has 4 amide bonds. The van der Waals surface area contributed by atoms with Gasteiger partial charge in [0.1, 0.15) is 23.7 Å². The Morgan fingerprint density at radius 1 is 1.11 bits per heavy atom. The van der Waals surface area contributed by atoms with E-state index >= 15 is 0 Å². The van der Waals surface area contributed by atoms with Crippen LogP contribution in [0.4, 0.5) is 22.4 Å². The average Bonchev–Trinajstić information content (AvgIpc) is 3.97. The summed E-state index contributed by atoms with van der Waals surface area (Å²) in [5.74, 6) is -6.36. The summed E-state index contributed by atoms with van der Waals surface area (Å²) in [6, 6.07) is -1.16. The number of aromatic nitrogens is 2. The van der Waals surface area contributed by atoms with E-state index in [0.29, 0.717) is 32.1 Å². The fraction of sp³-hybridized carbons (Fsp3) is 0.600. The highest BCUT2D eigenvalue weighted by Crippen LogP contribution is 2.48. The molecule has 1 aromatic heterocycles. The molecule has 7 unspecified atom stereocenters. The van der Waals surface area contributed by atoms with Crippen LogP contribution in [-0.2, 0) is 30.6 Å². The number of amides is 4. The molecule has 2 aliphatic carbocycles. The van der Waals surface area contributed by atoms with Crippen molar-refractivity contribution in [3.8, 4) is 11.6 Å². The van der Waals surface area contributed by atoms with E-state index in [4.69, 9.17) is 9.47 Å². The van der Waals surface area contributed by atoms with Crippen LogP contribution in [0, 0.1) is 23.6 Å². The van der Waals surface area contributed by atoms with Crippen molar-refractivity contribution >= 4 is 44.9 Å². The highest BCUT2D eigenvalue weighted by Gasteiger charge is 2.63. The lowest BCUT2D eigenvalue weighted by atomic mass is 9.88. The number of nitrogens with zero attached hydrogens (tertiary/aromatic N) is 3. The fourth-order valence-electron chi connectivity index (χ4n) is 7.35. The van der Waals surface area contributed by atoms with E-state index in [1.54, 1.807) is 13.0 Å². The molecule has 2 aromatic rings. The number of hydrogen-bond donors (Lipinski definition) is 4. The van der Waals surface area contributed by atoms with Crippen molar-refractivity contribution in [1.29, 1.82) is 0 Å². The summed E-state index contributed by atoms with van der Waals surface area (Å²) < 4.78 is 95.1. The number of halogens is 4. The van der Waals surface area contributed by atoms with Crippen molar-refractivity contribution in [3.63, 3.8) is 0 Å². The van der Waals surface area contributed by atoms with Gasteiger partial charge in [0.15, 0.2) is 11.6 Å². The molecule has 15 nitrogen and oxygen atoms in total. The van der Waals surface area contributed by atoms with Gasteiger partial charge in [-0.05, 0) is 57.3 Å². The molecule has 4 aliphatic rings. The molecule has 7 atom stereocenters. The first-order chi connectivity index (χ1) is 25.7. The summed E-state index contributed by atoms with van der Waals surface area (Å²) in [7, 11) is -2.98. The Kier molecular flexibility index (Phi) is 10.4. The Hall–Kier alpha value is -4.75. The maximum absolute atomic E-state index is 14.4. The maximum atomic E-state index is 14.4. The molecular formula is C35H42F4N6O9S. The van der Waals surface area contributed by atoms with Crippen molar-refractivity contribution in [1.82, 2.24) is 30.2 Å². The molecule has 3 fully saturated rings. The Morgan fingerprint density at radius 2 is 1.80 bits per heavy atom. The normalized spacial score (nSPS) is 29.6. The van der Waals surface area contributed by atoms with E-state index in [2.05, 4.69) is 25.3 Å². The van der Waals surface area contributed by atoms with E-state index in [1.165, 1.54) is 6.92 Å². The molecule has 4 N–H and O–H groups in total. The minimum atomic E-state index is -5.14. The molecule has 20 heteroatoms. The summed E-state index contributed by atoms with van der Waals surface area (Å²) in [5.41, 5.74) is -4.01. The zero-order valence-electron chi connectivity index (χ0n) is 30.4. The summed E-state index contributed by atoms with van der Waals surface area (Å²) in [6.45, 7) is 4.55. The quantitative estimate of drug-likeness (QED) is 0.235. The number of carboxylic acid groups (broad SMARTS) is 1. The lowest BCUT2D eigenvalue weighted by molar-refractivity contribution is -0.143. The molecule has 0 bridgehead atoms. The first-order valence-corrected chi connectivity index (χ1v) is 19.3. The molecule has 55 heavy (non-hydrogen) atoms. The first kappa shape index (κ1) is 39.9. The van der Waals surface area contributed by atoms with Crippen molar-refractivity contribution in [3.05, 3.63) is 35.8 Å². The number of carbonyl (C=O) groups excluding carboxylic acids is 3. The Labute approximate surface area is 313 Å². The number of fused-ring (bicyclic) bond motifs is 3. The van der Waals surface area contributed by atoms with Crippen molar-refractivity contribution < 1.29 is 59.7 Å². The third-order valence-electron chi connectivity index (χ3n) is 11.0. The Morgan fingerprint density at radius 3 is 2.44 bits per heavy atom. The number of nitrogens with one attached hydrogen (secondary N) is 3. The molecule has 1 aromatic carbocycles. The van der Waals surface area contributed by atoms with Crippen molar-refractivity contribution in [2.45, 2.75) is 100 Å². The van der Waals surface area contributed by atoms with Crippen LogP contribution in [0.5, 0.6) is 11.6 Å². The van der Waals surface area contributed by atoms with Crippen LogP contribution in [0.15, 0.2) is 24.3 Å². The van der Waals surface area contributed by atoms with E-state index in [9.17, 15) is 50.3 Å². The number of benzene rings is 1. The van der Waals surface area contributed by atoms with Crippen molar-refractivity contribution in [2.24, 2.45) is 17.8 Å². The van der Waals surface area contributed by atoms with Gasteiger partial charge in [0.05, 0.1) is 29.4 Å². The maximum Gasteiger partial charge on any atom is 0.438 e. The zero-order chi connectivity index (χ0) is 40.2. The third kappa shape index (κ3) is 8.00. The van der Waals surface area contributed by atoms with Gasteiger partial charge in [-0.3, -0.25) is 19.1 Å². The van der Waals surface area contributed by atoms with Gasteiger partial charge in [-0.25, -0.2) is 27.6 Å². The third-order valence-corrected chi connectivity index (χ3v) is 13.1. The predicted octanol–water partition coefficient (Wildman–Crippen LogP) is 3.67. The van der Waals surface area contributed by atoms with Crippen LogP contribution >= 0.6 is 0 Å². The molecule has 6 rings (SSSR count). The van der Waals surface area contributed by atoms with Crippen LogP contribution in [0.1, 0.15) is 71.4 Å². The minimum absolute atomic E-state index is 0.0167. The molecule has 300 valence electrons. The van der Waals surface area contributed by atoms with Gasteiger partial charge in [0.2, 0.25) is 33.4 Å². The predicted molar refractivity (Wildman–Crippen MR) is 186 cm³/mol. The van der Waals surface area contributed by atoms with Crippen LogP contribution < -0.4 is 24.8 Å². The molecular weight excluding hydrogens is 756 g/mol. The average molecular weight is 799 g/mol. The number of hydrogen-bond acceptors (Lipinski definition) is 10. The molecule has 2 aliphatic heterocycles. The lowest BCUT2D eigenvalue weighted by Crippen LogP contribution is -2.59. The number of alkyl halides is 3. The second kappa shape index (κ2) is 14.4. The molecule has 0 spiro atoms. The van der Waals surface area contributed by atoms with E-state index < -0.39 is 116 Å². The van der Waals surface area contributed by atoms with Gasteiger partial charge in [0.25, 0.3) is 5.91 Å². The highest BCUT2D eigenvalue weighted by atomic mass is 32.2. The van der Waals surface area contributed by atoms with Gasteiger partial charge in [-0.2, -0.15) is 13.2 Å². The zero-order valence-corrected chi connectivity index (χ0v) is 31.2. The highest BCUT2D eigenvalue weighted by molar-refractivity contribution is 7.91. The summed E-state index contributed by atoms with van der Waals surface area (Å²) >= 11 is 0. The monoisotopic (exact) mass is 798 g/mol. The van der Waals surface area contributed by atoms with Gasteiger partial charge < -0.3 is 30.1 Å². The molecule has 3 heterocycles. The Bertz CT molecular complexity index is 2050. The number of rotatable bonds is 7. The van der Waals surface area contributed by atoms with Gasteiger partial charge >= 0.3 is 12.3 Å². The largest absolute Gasteiger partial charge is 0.494 e. The van der Waals surface area contributed by atoms with E-state index in [1.807, 2.05) is 13.0 Å². The van der Waals surface area contributed by atoms with Crippen LogP contribution in [-0.4, -0.2) is 94.3 Å². The summed E-state index contributed by atoms with van der Waals surface area (Å²) in [6.07, 6.45) is -2.69. The van der Waals surface area contributed by atoms with Gasteiger partial charge in [-0.15, -0.1) is 0 Å². The summed E-state index contributed by atoms with van der Waals surface area (Å²) in [5, 5.41) is 14.6. The second-order valence-electron chi connectivity index (χ2n) is 15.2. The number of allylic oxidation sites excluding steroid dienone is 1. The van der Waals surface area contributed by atoms with Gasteiger partial charge in [-0.1, -0.05) is 26.0 Å².